The standard InChI is InChI=1S/C15H21ClN2S/c1-10-9-17-6-4-13(10)18-14-5-7-19-15-3-2-11(16)8-12(14)15/h2-3,8,10,13-14,17-18H,4-7,9H2,1H3. The zero-order chi connectivity index (χ0) is 13.2. The van der Waals surface area contributed by atoms with E-state index in [1.54, 1.807) is 0 Å². The van der Waals surface area contributed by atoms with Crippen molar-refractivity contribution in [2.75, 3.05) is 18.8 Å². The molecule has 3 atom stereocenters. The third-order valence-corrected chi connectivity index (χ3v) is 5.57. The summed E-state index contributed by atoms with van der Waals surface area (Å²) in [5.41, 5.74) is 1.40. The fourth-order valence-corrected chi connectivity index (χ4v) is 4.34. The number of thioether (sulfide) groups is 1. The SMILES string of the molecule is CC1CNCCC1NC1CCSc2ccc(Cl)cc21. The summed E-state index contributed by atoms with van der Waals surface area (Å²) in [7, 11) is 0. The Morgan fingerprint density at radius 3 is 3.11 bits per heavy atom. The molecule has 0 aliphatic carbocycles. The lowest BCUT2D eigenvalue weighted by Crippen LogP contribution is -2.47. The number of benzene rings is 1. The first kappa shape index (κ1) is 13.7. The minimum Gasteiger partial charge on any atom is -0.316 e. The van der Waals surface area contributed by atoms with Crippen LogP contribution in [-0.2, 0) is 0 Å². The lowest BCUT2D eigenvalue weighted by Gasteiger charge is -2.36. The number of piperidine rings is 1. The predicted octanol–water partition coefficient (Wildman–Crippen LogP) is 3.46. The molecular weight excluding hydrogens is 276 g/mol. The number of fused-ring (bicyclic) bond motifs is 1. The molecule has 3 unspecified atom stereocenters. The molecule has 1 aromatic rings. The Bertz CT molecular complexity index is 452. The number of halogens is 1. The van der Waals surface area contributed by atoms with E-state index < -0.39 is 0 Å². The van der Waals surface area contributed by atoms with E-state index in [0.29, 0.717) is 18.0 Å². The Balaban J connectivity index is 1.77. The Labute approximate surface area is 124 Å². The second-order valence-electron chi connectivity index (χ2n) is 5.62. The zero-order valence-electron chi connectivity index (χ0n) is 11.3. The molecule has 0 radical (unpaired) electrons. The molecule has 0 bridgehead atoms. The molecule has 1 aromatic carbocycles. The van der Waals surface area contributed by atoms with Crippen molar-refractivity contribution >= 4 is 23.4 Å². The van der Waals surface area contributed by atoms with Crippen LogP contribution in [0.4, 0.5) is 0 Å². The van der Waals surface area contributed by atoms with Crippen molar-refractivity contribution in [2.24, 2.45) is 5.92 Å². The van der Waals surface area contributed by atoms with E-state index in [-0.39, 0.29) is 0 Å². The average molecular weight is 297 g/mol. The summed E-state index contributed by atoms with van der Waals surface area (Å²) in [6, 6.07) is 7.42. The van der Waals surface area contributed by atoms with Crippen LogP contribution in [0.25, 0.3) is 0 Å². The molecule has 104 valence electrons. The fraction of sp³-hybridized carbons (Fsp3) is 0.600. The van der Waals surface area contributed by atoms with Crippen molar-refractivity contribution in [3.05, 3.63) is 28.8 Å². The molecule has 0 aromatic heterocycles. The summed E-state index contributed by atoms with van der Waals surface area (Å²) in [6.07, 6.45) is 2.43. The average Bonchev–Trinajstić information content (AvgIpc) is 2.42. The minimum absolute atomic E-state index is 0.473. The maximum Gasteiger partial charge on any atom is 0.0410 e. The van der Waals surface area contributed by atoms with Crippen molar-refractivity contribution in [3.63, 3.8) is 0 Å². The van der Waals surface area contributed by atoms with Gasteiger partial charge in [-0.05, 0) is 61.4 Å². The second-order valence-corrected chi connectivity index (χ2v) is 7.19. The third kappa shape index (κ3) is 3.10. The minimum atomic E-state index is 0.473. The normalized spacial score (nSPS) is 30.9. The molecule has 4 heteroatoms. The molecule has 2 heterocycles. The van der Waals surface area contributed by atoms with Gasteiger partial charge in [0.2, 0.25) is 0 Å². The molecule has 2 aliphatic heterocycles. The van der Waals surface area contributed by atoms with E-state index in [2.05, 4.69) is 29.7 Å². The van der Waals surface area contributed by atoms with E-state index in [1.807, 2.05) is 17.8 Å². The van der Waals surface area contributed by atoms with Gasteiger partial charge in [-0.2, -0.15) is 0 Å². The number of rotatable bonds is 2. The van der Waals surface area contributed by atoms with Crippen molar-refractivity contribution in [3.8, 4) is 0 Å². The lowest BCUT2D eigenvalue weighted by atomic mass is 9.92. The summed E-state index contributed by atoms with van der Waals surface area (Å²) < 4.78 is 0. The van der Waals surface area contributed by atoms with Crippen molar-refractivity contribution in [2.45, 2.75) is 36.7 Å². The van der Waals surface area contributed by atoms with Crippen molar-refractivity contribution in [1.82, 2.24) is 10.6 Å². The van der Waals surface area contributed by atoms with Crippen LogP contribution in [-0.4, -0.2) is 24.9 Å². The van der Waals surface area contributed by atoms with Gasteiger partial charge in [0.1, 0.15) is 0 Å². The molecule has 1 saturated heterocycles. The highest BCUT2D eigenvalue weighted by Gasteiger charge is 2.27. The van der Waals surface area contributed by atoms with E-state index in [4.69, 9.17) is 11.6 Å². The molecule has 2 nitrogen and oxygen atoms in total. The maximum atomic E-state index is 6.17. The van der Waals surface area contributed by atoms with Crippen LogP contribution in [0.5, 0.6) is 0 Å². The van der Waals surface area contributed by atoms with Gasteiger partial charge in [0.15, 0.2) is 0 Å². The predicted molar refractivity (Wildman–Crippen MR) is 83.1 cm³/mol. The second kappa shape index (κ2) is 6.04. The Hall–Kier alpha value is -0.220. The maximum absolute atomic E-state index is 6.17. The summed E-state index contributed by atoms with van der Waals surface area (Å²) in [5, 5.41) is 8.20. The Morgan fingerprint density at radius 1 is 1.37 bits per heavy atom. The van der Waals surface area contributed by atoms with Gasteiger partial charge in [-0.25, -0.2) is 0 Å². The van der Waals surface area contributed by atoms with E-state index in [0.717, 1.165) is 18.1 Å². The lowest BCUT2D eigenvalue weighted by molar-refractivity contribution is 0.269. The highest BCUT2D eigenvalue weighted by atomic mass is 35.5. The molecule has 2 aliphatic rings. The van der Waals surface area contributed by atoms with Gasteiger partial charge in [0, 0.05) is 22.0 Å². The molecule has 19 heavy (non-hydrogen) atoms. The van der Waals surface area contributed by atoms with E-state index in [1.165, 1.54) is 29.1 Å². The summed E-state index contributed by atoms with van der Waals surface area (Å²) in [6.45, 7) is 4.59. The van der Waals surface area contributed by atoms with Gasteiger partial charge < -0.3 is 10.6 Å². The quantitative estimate of drug-likeness (QED) is 0.874. The zero-order valence-corrected chi connectivity index (χ0v) is 12.9. The van der Waals surface area contributed by atoms with Crippen LogP contribution in [0, 0.1) is 5.92 Å². The molecule has 0 spiro atoms. The van der Waals surface area contributed by atoms with Gasteiger partial charge in [0.05, 0.1) is 0 Å². The van der Waals surface area contributed by atoms with Gasteiger partial charge in [-0.1, -0.05) is 18.5 Å². The van der Waals surface area contributed by atoms with Crippen LogP contribution in [0.2, 0.25) is 5.02 Å². The van der Waals surface area contributed by atoms with Crippen LogP contribution >= 0.6 is 23.4 Å². The first-order valence-electron chi connectivity index (χ1n) is 7.13. The molecule has 2 N–H and O–H groups in total. The van der Waals surface area contributed by atoms with Gasteiger partial charge in [-0.3, -0.25) is 0 Å². The Kier molecular flexibility index (Phi) is 4.37. The van der Waals surface area contributed by atoms with Crippen molar-refractivity contribution in [1.29, 1.82) is 0 Å². The van der Waals surface area contributed by atoms with Crippen LogP contribution in [0.15, 0.2) is 23.1 Å². The van der Waals surface area contributed by atoms with E-state index >= 15 is 0 Å². The van der Waals surface area contributed by atoms with Gasteiger partial charge in [-0.15, -0.1) is 11.8 Å². The van der Waals surface area contributed by atoms with Crippen LogP contribution < -0.4 is 10.6 Å². The third-order valence-electron chi connectivity index (χ3n) is 4.21. The van der Waals surface area contributed by atoms with Crippen molar-refractivity contribution < 1.29 is 0 Å². The van der Waals surface area contributed by atoms with Gasteiger partial charge >= 0.3 is 0 Å². The van der Waals surface area contributed by atoms with Crippen LogP contribution in [0.1, 0.15) is 31.4 Å². The summed E-state index contributed by atoms with van der Waals surface area (Å²) in [4.78, 5) is 1.40. The monoisotopic (exact) mass is 296 g/mol. The molecule has 1 fully saturated rings. The summed E-state index contributed by atoms with van der Waals surface area (Å²) >= 11 is 8.12. The first-order valence-corrected chi connectivity index (χ1v) is 8.49. The smallest absolute Gasteiger partial charge is 0.0410 e. The molecule has 3 rings (SSSR count). The first-order chi connectivity index (χ1) is 9.24. The highest BCUT2D eigenvalue weighted by Crippen LogP contribution is 2.38. The fourth-order valence-electron chi connectivity index (χ4n) is 3.06. The van der Waals surface area contributed by atoms with Crippen LogP contribution in [0.3, 0.4) is 0 Å². The molecule has 0 amide bonds. The number of hydrogen-bond acceptors (Lipinski definition) is 3. The topological polar surface area (TPSA) is 24.1 Å². The Morgan fingerprint density at radius 2 is 2.26 bits per heavy atom. The number of nitrogens with one attached hydrogen (secondary N) is 2. The number of hydrogen-bond donors (Lipinski definition) is 2. The molecule has 0 saturated carbocycles. The largest absolute Gasteiger partial charge is 0.316 e. The highest BCUT2D eigenvalue weighted by molar-refractivity contribution is 7.99. The molecular formula is C15H21ClN2S. The van der Waals surface area contributed by atoms with Gasteiger partial charge in [0.25, 0.3) is 0 Å². The summed E-state index contributed by atoms with van der Waals surface area (Å²) in [5.74, 6) is 1.90. The van der Waals surface area contributed by atoms with E-state index in [9.17, 15) is 0 Å².